The Balaban J connectivity index is 1.47. The number of rotatable bonds is 3. The average molecular weight is 423 g/mol. The normalized spacial score (nSPS) is 20.1. The Labute approximate surface area is 180 Å². The highest BCUT2D eigenvalue weighted by Crippen LogP contribution is 2.41. The van der Waals surface area contributed by atoms with Crippen LogP contribution >= 0.6 is 11.6 Å². The van der Waals surface area contributed by atoms with Crippen LogP contribution in [0.2, 0.25) is 5.02 Å². The van der Waals surface area contributed by atoms with Crippen LogP contribution in [0.25, 0.3) is 11.3 Å². The van der Waals surface area contributed by atoms with E-state index in [0.717, 1.165) is 40.9 Å². The molecule has 2 atom stereocenters. The Morgan fingerprint density at radius 1 is 1.30 bits per heavy atom. The predicted molar refractivity (Wildman–Crippen MR) is 115 cm³/mol. The molecule has 1 saturated heterocycles. The lowest BCUT2D eigenvalue weighted by molar-refractivity contribution is 0.0730. The highest BCUT2D eigenvalue weighted by Gasteiger charge is 2.41. The number of nitrogens with zero attached hydrogens (tertiary/aromatic N) is 4. The summed E-state index contributed by atoms with van der Waals surface area (Å²) >= 11 is 6.69. The molecule has 2 aromatic heterocycles. The molecule has 1 amide bonds. The van der Waals surface area contributed by atoms with E-state index in [2.05, 4.69) is 16.1 Å². The zero-order valence-electron chi connectivity index (χ0n) is 17.2. The van der Waals surface area contributed by atoms with E-state index in [9.17, 15) is 4.79 Å². The van der Waals surface area contributed by atoms with Gasteiger partial charge >= 0.3 is 0 Å². The topological polar surface area (TPSA) is 60.2 Å². The summed E-state index contributed by atoms with van der Waals surface area (Å²) in [6, 6.07) is 6.06. The van der Waals surface area contributed by atoms with Crippen LogP contribution in [-0.4, -0.2) is 44.3 Å². The highest BCUT2D eigenvalue weighted by molar-refractivity contribution is 6.33. The standard InChI is InChI=1S/C23H23ClN4O2/c1-13-16(8-15-4-5-19(25-10-15)17-11-26-27(3)12-17)9-18-22(21(13)24)30-20-6-7-28(14(20)2)23(18)29/h4-5,9-12,14,20H,6-8H2,1-3H3/t14-,20+/m0/s1. The zero-order chi connectivity index (χ0) is 21.0. The van der Waals surface area contributed by atoms with Crippen LogP contribution in [0.4, 0.5) is 0 Å². The second-order valence-electron chi connectivity index (χ2n) is 8.17. The molecule has 0 unspecified atom stereocenters. The van der Waals surface area contributed by atoms with E-state index in [1.807, 2.05) is 50.3 Å². The number of carbonyl (C=O) groups is 1. The Bertz CT molecular complexity index is 1140. The van der Waals surface area contributed by atoms with Crippen LogP contribution in [0.5, 0.6) is 5.75 Å². The fourth-order valence-electron chi connectivity index (χ4n) is 4.37. The molecular formula is C23H23ClN4O2. The second kappa shape index (κ2) is 7.13. The molecule has 3 aromatic rings. The van der Waals surface area contributed by atoms with E-state index in [4.69, 9.17) is 16.3 Å². The minimum atomic E-state index is 0.00201. The molecule has 0 radical (unpaired) electrons. The number of amides is 1. The predicted octanol–water partition coefficient (Wildman–Crippen LogP) is 4.03. The minimum Gasteiger partial charge on any atom is -0.486 e. The number of halogens is 1. The molecule has 0 spiro atoms. The first-order valence-corrected chi connectivity index (χ1v) is 10.5. The van der Waals surface area contributed by atoms with Crippen molar-refractivity contribution in [3.63, 3.8) is 0 Å². The van der Waals surface area contributed by atoms with Gasteiger partial charge in [0.05, 0.1) is 28.5 Å². The van der Waals surface area contributed by atoms with Crippen molar-refractivity contribution >= 4 is 17.5 Å². The summed E-state index contributed by atoms with van der Waals surface area (Å²) in [6.07, 6.45) is 7.10. The number of hydrogen-bond donors (Lipinski definition) is 0. The molecular weight excluding hydrogens is 400 g/mol. The van der Waals surface area contributed by atoms with E-state index < -0.39 is 0 Å². The minimum absolute atomic E-state index is 0.00201. The molecule has 2 aliphatic rings. The average Bonchev–Trinajstić information content (AvgIpc) is 3.30. The van der Waals surface area contributed by atoms with E-state index in [1.54, 1.807) is 10.9 Å². The highest BCUT2D eigenvalue weighted by atomic mass is 35.5. The van der Waals surface area contributed by atoms with Gasteiger partial charge in [0, 0.05) is 38.0 Å². The lowest BCUT2D eigenvalue weighted by Crippen LogP contribution is -2.36. The summed E-state index contributed by atoms with van der Waals surface area (Å²) < 4.78 is 7.96. The van der Waals surface area contributed by atoms with E-state index in [-0.39, 0.29) is 18.1 Å². The third-order valence-corrected chi connectivity index (χ3v) is 6.69. The number of carbonyl (C=O) groups excluding carboxylic acids is 1. The van der Waals surface area contributed by atoms with E-state index in [0.29, 0.717) is 22.8 Å². The van der Waals surface area contributed by atoms with Gasteiger partial charge < -0.3 is 9.64 Å². The molecule has 7 heteroatoms. The van der Waals surface area contributed by atoms with Gasteiger partial charge in [-0.25, -0.2) is 0 Å². The first kappa shape index (κ1) is 19.1. The summed E-state index contributed by atoms with van der Waals surface area (Å²) in [6.45, 7) is 4.75. The Kier molecular flexibility index (Phi) is 4.54. The maximum absolute atomic E-state index is 13.1. The van der Waals surface area contributed by atoms with Crippen molar-refractivity contribution in [3.8, 4) is 17.0 Å². The molecule has 30 heavy (non-hydrogen) atoms. The van der Waals surface area contributed by atoms with Crippen LogP contribution in [-0.2, 0) is 13.5 Å². The maximum atomic E-state index is 13.1. The van der Waals surface area contributed by atoms with Gasteiger partial charge in [0.25, 0.3) is 5.91 Å². The third-order valence-electron chi connectivity index (χ3n) is 6.24. The number of fused-ring (bicyclic) bond motifs is 3. The number of ether oxygens (including phenoxy) is 1. The maximum Gasteiger partial charge on any atom is 0.258 e. The number of aromatic nitrogens is 3. The summed E-state index contributed by atoms with van der Waals surface area (Å²) in [5.41, 5.74) is 5.44. The van der Waals surface area contributed by atoms with Gasteiger partial charge in [-0.1, -0.05) is 17.7 Å². The van der Waals surface area contributed by atoms with Gasteiger partial charge in [0.2, 0.25) is 0 Å². The Morgan fingerprint density at radius 2 is 2.13 bits per heavy atom. The van der Waals surface area contributed by atoms with Gasteiger partial charge in [-0.2, -0.15) is 5.10 Å². The second-order valence-corrected chi connectivity index (χ2v) is 8.54. The first-order valence-electron chi connectivity index (χ1n) is 10.2. The molecule has 1 fully saturated rings. The van der Waals surface area contributed by atoms with Gasteiger partial charge in [-0.3, -0.25) is 14.5 Å². The van der Waals surface area contributed by atoms with E-state index >= 15 is 0 Å². The summed E-state index contributed by atoms with van der Waals surface area (Å²) in [4.78, 5) is 19.6. The third kappa shape index (κ3) is 3.06. The quantitative estimate of drug-likeness (QED) is 0.639. The zero-order valence-corrected chi connectivity index (χ0v) is 18.0. The van der Waals surface area contributed by atoms with Crippen molar-refractivity contribution in [1.82, 2.24) is 19.7 Å². The molecule has 4 heterocycles. The van der Waals surface area contributed by atoms with Crippen LogP contribution in [0.1, 0.15) is 40.4 Å². The van der Waals surface area contributed by atoms with Crippen molar-refractivity contribution in [2.24, 2.45) is 7.05 Å². The molecule has 2 aliphatic heterocycles. The number of pyridine rings is 1. The van der Waals surface area contributed by atoms with Crippen LogP contribution in [0.15, 0.2) is 36.8 Å². The van der Waals surface area contributed by atoms with Gasteiger partial charge in [-0.15, -0.1) is 0 Å². The Hall–Kier alpha value is -2.86. The van der Waals surface area contributed by atoms with E-state index in [1.165, 1.54) is 0 Å². The van der Waals surface area contributed by atoms with Crippen molar-refractivity contribution < 1.29 is 9.53 Å². The summed E-state index contributed by atoms with van der Waals surface area (Å²) in [7, 11) is 1.89. The summed E-state index contributed by atoms with van der Waals surface area (Å²) in [5.74, 6) is 0.540. The lowest BCUT2D eigenvalue weighted by Gasteiger charge is -2.20. The Morgan fingerprint density at radius 3 is 2.83 bits per heavy atom. The van der Waals surface area contributed by atoms with Crippen molar-refractivity contribution in [2.45, 2.75) is 38.8 Å². The SMILES string of the molecule is Cc1c(Cc2ccc(-c3cnn(C)c3)nc2)cc2c(c1Cl)O[C@@H]1CCN(C2=O)[C@H]1C. The van der Waals surface area contributed by atoms with Crippen LogP contribution < -0.4 is 4.74 Å². The fourth-order valence-corrected chi connectivity index (χ4v) is 4.64. The molecule has 5 rings (SSSR count). The van der Waals surface area contributed by atoms with Gasteiger partial charge in [0.1, 0.15) is 6.10 Å². The fraction of sp³-hybridized carbons (Fsp3) is 0.348. The molecule has 2 bridgehead atoms. The largest absolute Gasteiger partial charge is 0.486 e. The van der Waals surface area contributed by atoms with Gasteiger partial charge in [0.15, 0.2) is 5.75 Å². The lowest BCUT2D eigenvalue weighted by atomic mass is 9.97. The monoisotopic (exact) mass is 422 g/mol. The smallest absolute Gasteiger partial charge is 0.258 e. The molecule has 1 aromatic carbocycles. The first-order chi connectivity index (χ1) is 14.4. The van der Waals surface area contributed by atoms with Gasteiger partial charge in [-0.05, 0) is 49.1 Å². The molecule has 0 saturated carbocycles. The van der Waals surface area contributed by atoms with Crippen molar-refractivity contribution in [1.29, 1.82) is 0 Å². The van der Waals surface area contributed by atoms with Crippen molar-refractivity contribution in [2.75, 3.05) is 6.54 Å². The van der Waals surface area contributed by atoms with Crippen LogP contribution in [0.3, 0.4) is 0 Å². The number of benzene rings is 1. The number of hydrogen-bond acceptors (Lipinski definition) is 4. The molecule has 0 aliphatic carbocycles. The molecule has 6 nitrogen and oxygen atoms in total. The molecule has 0 N–H and O–H groups in total. The van der Waals surface area contributed by atoms with Crippen LogP contribution in [0, 0.1) is 6.92 Å². The summed E-state index contributed by atoms with van der Waals surface area (Å²) in [5, 5.41) is 4.73. The number of aryl methyl sites for hydroxylation is 1. The molecule has 154 valence electrons. The van der Waals surface area contributed by atoms with Crippen molar-refractivity contribution in [3.05, 3.63) is 64.1 Å².